The first-order valence-corrected chi connectivity index (χ1v) is 8.51. The number of amides is 1. The van der Waals surface area contributed by atoms with E-state index in [-0.39, 0.29) is 36.1 Å². The van der Waals surface area contributed by atoms with Gasteiger partial charge >= 0.3 is 5.51 Å². The fraction of sp³-hybridized carbons (Fsp3) is 0.615. The van der Waals surface area contributed by atoms with Crippen molar-refractivity contribution in [3.63, 3.8) is 0 Å². The monoisotopic (exact) mass is 338 g/mol. The molecule has 1 aliphatic rings. The molecule has 118 valence electrons. The van der Waals surface area contributed by atoms with Crippen LogP contribution >= 0.6 is 23.1 Å². The number of hydrogen-bond acceptors (Lipinski definition) is 4. The average Bonchev–Trinajstić information content (AvgIpc) is 3.00. The highest BCUT2D eigenvalue weighted by atomic mass is 32.2. The molecule has 8 heteroatoms. The third kappa shape index (κ3) is 3.73. The molecule has 1 fully saturated rings. The van der Waals surface area contributed by atoms with Crippen molar-refractivity contribution in [1.82, 2.24) is 10.2 Å². The Kier molecular flexibility index (Phi) is 4.89. The second-order valence-corrected chi connectivity index (χ2v) is 7.02. The molecule has 0 aromatic carbocycles. The second-order valence-electron chi connectivity index (χ2n) is 5.08. The lowest BCUT2D eigenvalue weighted by atomic mass is 9.99. The lowest BCUT2D eigenvalue weighted by Gasteiger charge is -2.23. The van der Waals surface area contributed by atoms with Crippen molar-refractivity contribution >= 4 is 29.0 Å². The second kappa shape index (κ2) is 6.18. The fourth-order valence-corrected chi connectivity index (χ4v) is 3.51. The van der Waals surface area contributed by atoms with E-state index in [4.69, 9.17) is 0 Å². The zero-order chi connectivity index (χ0) is 15.7. The summed E-state index contributed by atoms with van der Waals surface area (Å²) in [6.07, 6.45) is 0.248. The standard InChI is InChI=1S/C13H17F3N2OS2/c1-3-12(2)11(19)18(5-7-21-13(14,15)16)10(17-12)9-4-6-20-8-9/h4,6,8,10,17H,3,5,7H2,1-2H3. The van der Waals surface area contributed by atoms with Crippen LogP contribution in [0.1, 0.15) is 32.0 Å². The molecule has 0 saturated carbocycles. The van der Waals surface area contributed by atoms with Crippen LogP contribution in [0.25, 0.3) is 0 Å². The molecule has 1 aromatic heterocycles. The first kappa shape index (κ1) is 16.6. The molecule has 2 atom stereocenters. The molecule has 1 saturated heterocycles. The molecule has 2 rings (SSSR count). The minimum absolute atomic E-state index is 0.0755. The van der Waals surface area contributed by atoms with Crippen LogP contribution in [0, 0.1) is 0 Å². The Bertz CT molecular complexity index is 492. The first-order chi connectivity index (χ1) is 9.77. The number of alkyl halides is 3. The van der Waals surface area contributed by atoms with Crippen molar-refractivity contribution in [2.24, 2.45) is 0 Å². The van der Waals surface area contributed by atoms with Gasteiger partial charge < -0.3 is 4.90 Å². The van der Waals surface area contributed by atoms with Gasteiger partial charge in [0.15, 0.2) is 0 Å². The van der Waals surface area contributed by atoms with Crippen molar-refractivity contribution in [3.05, 3.63) is 22.4 Å². The van der Waals surface area contributed by atoms with Gasteiger partial charge in [0.05, 0.1) is 5.54 Å². The Hall–Kier alpha value is -0.730. The molecule has 0 bridgehead atoms. The Labute approximate surface area is 129 Å². The van der Waals surface area contributed by atoms with Crippen LogP contribution in [-0.2, 0) is 4.79 Å². The van der Waals surface area contributed by atoms with Crippen LogP contribution in [0.5, 0.6) is 0 Å². The fourth-order valence-electron chi connectivity index (χ4n) is 2.31. The molecule has 1 aliphatic heterocycles. The summed E-state index contributed by atoms with van der Waals surface area (Å²) < 4.78 is 36.8. The summed E-state index contributed by atoms with van der Waals surface area (Å²) >= 11 is 1.41. The topological polar surface area (TPSA) is 32.3 Å². The third-order valence-corrected chi connectivity index (χ3v) is 5.08. The van der Waals surface area contributed by atoms with E-state index in [1.165, 1.54) is 16.2 Å². The predicted octanol–water partition coefficient (Wildman–Crippen LogP) is 3.60. The number of thioether (sulfide) groups is 1. The summed E-state index contributed by atoms with van der Waals surface area (Å²) in [6.45, 7) is 3.77. The Morgan fingerprint density at radius 2 is 2.24 bits per heavy atom. The number of hydrogen-bond donors (Lipinski definition) is 1. The van der Waals surface area contributed by atoms with Crippen LogP contribution in [0.3, 0.4) is 0 Å². The van der Waals surface area contributed by atoms with Crippen molar-refractivity contribution in [2.75, 3.05) is 12.3 Å². The average molecular weight is 338 g/mol. The molecule has 1 N–H and O–H groups in total. The van der Waals surface area contributed by atoms with E-state index in [0.29, 0.717) is 6.42 Å². The van der Waals surface area contributed by atoms with E-state index < -0.39 is 11.0 Å². The smallest absolute Gasteiger partial charge is 0.320 e. The molecule has 0 spiro atoms. The number of nitrogens with one attached hydrogen (secondary N) is 1. The van der Waals surface area contributed by atoms with Crippen molar-refractivity contribution < 1.29 is 18.0 Å². The van der Waals surface area contributed by atoms with E-state index >= 15 is 0 Å². The highest BCUT2D eigenvalue weighted by Gasteiger charge is 2.47. The largest absolute Gasteiger partial charge is 0.441 e. The van der Waals surface area contributed by atoms with Gasteiger partial charge in [-0.3, -0.25) is 10.1 Å². The van der Waals surface area contributed by atoms with Crippen molar-refractivity contribution in [2.45, 2.75) is 37.5 Å². The third-order valence-electron chi connectivity index (χ3n) is 3.66. The number of rotatable bonds is 5. The number of halogens is 3. The van der Waals surface area contributed by atoms with Crippen LogP contribution in [-0.4, -0.2) is 34.2 Å². The SMILES string of the molecule is CCC1(C)NC(c2ccsc2)N(CCSC(F)(F)F)C1=O. The molecule has 0 aliphatic carbocycles. The van der Waals surface area contributed by atoms with Crippen LogP contribution in [0.2, 0.25) is 0 Å². The minimum Gasteiger partial charge on any atom is -0.320 e. The van der Waals surface area contributed by atoms with Crippen LogP contribution in [0.15, 0.2) is 16.8 Å². The van der Waals surface area contributed by atoms with E-state index in [2.05, 4.69) is 5.32 Å². The van der Waals surface area contributed by atoms with Crippen LogP contribution < -0.4 is 5.32 Å². The summed E-state index contributed by atoms with van der Waals surface area (Å²) in [4.78, 5) is 14.0. The Balaban J connectivity index is 2.12. The lowest BCUT2D eigenvalue weighted by Crippen LogP contribution is -2.43. The van der Waals surface area contributed by atoms with Crippen LogP contribution in [0.4, 0.5) is 13.2 Å². The highest BCUT2D eigenvalue weighted by Crippen LogP contribution is 2.35. The molecule has 21 heavy (non-hydrogen) atoms. The van der Waals surface area contributed by atoms with Gasteiger partial charge in [-0.25, -0.2) is 0 Å². The molecule has 3 nitrogen and oxygen atoms in total. The molecular weight excluding hydrogens is 321 g/mol. The zero-order valence-corrected chi connectivity index (χ0v) is 13.4. The van der Waals surface area contributed by atoms with E-state index in [0.717, 1.165) is 5.56 Å². The molecule has 2 unspecified atom stereocenters. The van der Waals surface area contributed by atoms with E-state index in [1.807, 2.05) is 23.8 Å². The Morgan fingerprint density at radius 1 is 1.52 bits per heavy atom. The predicted molar refractivity (Wildman–Crippen MR) is 79.1 cm³/mol. The zero-order valence-electron chi connectivity index (χ0n) is 11.7. The molecule has 0 radical (unpaired) electrons. The van der Waals surface area contributed by atoms with Gasteiger partial charge in [0, 0.05) is 12.3 Å². The van der Waals surface area contributed by atoms with Gasteiger partial charge in [-0.1, -0.05) is 6.92 Å². The normalized spacial score (nSPS) is 26.6. The maximum absolute atomic E-state index is 12.5. The number of nitrogens with zero attached hydrogens (tertiary/aromatic N) is 1. The van der Waals surface area contributed by atoms with Gasteiger partial charge in [-0.05, 0) is 47.5 Å². The Morgan fingerprint density at radius 3 is 2.76 bits per heavy atom. The van der Waals surface area contributed by atoms with Gasteiger partial charge in [-0.15, -0.1) is 0 Å². The maximum atomic E-state index is 12.5. The lowest BCUT2D eigenvalue weighted by molar-refractivity contribution is -0.132. The van der Waals surface area contributed by atoms with E-state index in [9.17, 15) is 18.0 Å². The van der Waals surface area contributed by atoms with Gasteiger partial charge in [0.2, 0.25) is 5.91 Å². The number of carbonyl (C=O) groups excluding carboxylic acids is 1. The molecule has 1 amide bonds. The number of thiophene rings is 1. The summed E-state index contributed by atoms with van der Waals surface area (Å²) in [7, 11) is 0. The molecular formula is C13H17F3N2OS2. The summed E-state index contributed by atoms with van der Waals surface area (Å²) in [5.41, 5.74) is -4.06. The molecule has 1 aromatic rings. The number of carbonyl (C=O) groups is 1. The van der Waals surface area contributed by atoms with Gasteiger partial charge in [0.1, 0.15) is 6.17 Å². The van der Waals surface area contributed by atoms with E-state index in [1.54, 1.807) is 6.92 Å². The van der Waals surface area contributed by atoms with Crippen molar-refractivity contribution in [1.29, 1.82) is 0 Å². The van der Waals surface area contributed by atoms with Gasteiger partial charge in [-0.2, -0.15) is 24.5 Å². The first-order valence-electron chi connectivity index (χ1n) is 6.58. The highest BCUT2D eigenvalue weighted by molar-refractivity contribution is 8.00. The summed E-state index contributed by atoms with van der Waals surface area (Å²) in [5, 5.41) is 7.07. The summed E-state index contributed by atoms with van der Waals surface area (Å²) in [5.74, 6) is -0.291. The quantitative estimate of drug-likeness (QED) is 0.890. The van der Waals surface area contributed by atoms with Gasteiger partial charge in [0.25, 0.3) is 0 Å². The summed E-state index contributed by atoms with van der Waals surface area (Å²) in [6, 6.07) is 1.89. The minimum atomic E-state index is -4.26. The molecule has 2 heterocycles. The van der Waals surface area contributed by atoms with Crippen molar-refractivity contribution in [3.8, 4) is 0 Å². The maximum Gasteiger partial charge on any atom is 0.441 e.